The van der Waals surface area contributed by atoms with Crippen molar-refractivity contribution < 1.29 is 22.3 Å². The van der Waals surface area contributed by atoms with Crippen LogP contribution in [0.25, 0.3) is 0 Å². The lowest BCUT2D eigenvalue weighted by atomic mass is 10.1. The molecule has 0 bridgehead atoms. The maximum absolute atomic E-state index is 12.9. The number of carbonyl (C=O) groups excluding carboxylic acids is 1. The Morgan fingerprint density at radius 3 is 2.22 bits per heavy atom. The predicted octanol–water partition coefficient (Wildman–Crippen LogP) is 2.17. The zero-order chi connectivity index (χ0) is 19.3. The van der Waals surface area contributed by atoms with Crippen LogP contribution in [-0.2, 0) is 31.7 Å². The third-order valence-electron chi connectivity index (χ3n) is 4.22. The van der Waals surface area contributed by atoms with E-state index < -0.39 is 15.8 Å². The van der Waals surface area contributed by atoms with Crippen molar-refractivity contribution in [2.24, 2.45) is 0 Å². The third-order valence-corrected chi connectivity index (χ3v) is 5.48. The summed E-state index contributed by atoms with van der Waals surface area (Å²) in [6.07, 6.45) is 0.266. The molecule has 3 rings (SSSR count). The number of rotatable bonds is 6. The first-order chi connectivity index (χ1) is 12.9. The van der Waals surface area contributed by atoms with Gasteiger partial charge >= 0.3 is 0 Å². The van der Waals surface area contributed by atoms with Gasteiger partial charge in [-0.05, 0) is 35.4 Å². The van der Waals surface area contributed by atoms with Gasteiger partial charge in [-0.15, -0.1) is 0 Å². The van der Waals surface area contributed by atoms with E-state index >= 15 is 0 Å². The highest BCUT2D eigenvalue weighted by Gasteiger charge is 2.17. The van der Waals surface area contributed by atoms with Crippen LogP contribution in [0.2, 0.25) is 0 Å². The van der Waals surface area contributed by atoms with Crippen molar-refractivity contribution in [2.45, 2.75) is 12.2 Å². The molecule has 6 nitrogen and oxygen atoms in total. The molecule has 0 aromatic heterocycles. The van der Waals surface area contributed by atoms with E-state index in [1.807, 2.05) is 0 Å². The molecule has 2 aromatic rings. The molecule has 0 saturated carbocycles. The number of anilines is 1. The van der Waals surface area contributed by atoms with Crippen molar-refractivity contribution in [3.05, 3.63) is 65.5 Å². The zero-order valence-electron chi connectivity index (χ0n) is 14.7. The van der Waals surface area contributed by atoms with Crippen molar-refractivity contribution >= 4 is 21.6 Å². The number of halogens is 1. The summed E-state index contributed by atoms with van der Waals surface area (Å²) < 4.78 is 45.1. The van der Waals surface area contributed by atoms with Crippen molar-refractivity contribution in [2.75, 3.05) is 31.0 Å². The monoisotopic (exact) mass is 392 g/mol. The zero-order valence-corrected chi connectivity index (χ0v) is 15.5. The normalized spacial score (nSPS) is 14.8. The minimum Gasteiger partial charge on any atom is -0.378 e. The van der Waals surface area contributed by atoms with Gasteiger partial charge in [-0.1, -0.05) is 24.3 Å². The van der Waals surface area contributed by atoms with Gasteiger partial charge in [0, 0.05) is 18.8 Å². The summed E-state index contributed by atoms with van der Waals surface area (Å²) in [5, 5.41) is 0. The number of nitrogens with zero attached hydrogens (tertiary/aromatic N) is 1. The highest BCUT2D eigenvalue weighted by molar-refractivity contribution is 7.91. The molecule has 0 unspecified atom stereocenters. The molecule has 0 radical (unpaired) electrons. The van der Waals surface area contributed by atoms with Crippen LogP contribution in [0.4, 0.5) is 10.1 Å². The molecule has 0 spiro atoms. The van der Waals surface area contributed by atoms with Crippen LogP contribution in [0.15, 0.2) is 48.5 Å². The number of hydrogen-bond donors (Lipinski definition) is 1. The van der Waals surface area contributed by atoms with Gasteiger partial charge in [0.1, 0.15) is 5.82 Å². The van der Waals surface area contributed by atoms with Gasteiger partial charge in [0.05, 0.1) is 25.4 Å². The van der Waals surface area contributed by atoms with E-state index in [0.29, 0.717) is 37.6 Å². The Bertz CT molecular complexity index is 877. The summed E-state index contributed by atoms with van der Waals surface area (Å²) in [7, 11) is -3.62. The van der Waals surface area contributed by atoms with Crippen LogP contribution in [0, 0.1) is 5.82 Å². The number of nitrogens with one attached hydrogen (secondary N) is 1. The van der Waals surface area contributed by atoms with Gasteiger partial charge in [0.15, 0.2) is 0 Å². The second-order valence-electron chi connectivity index (χ2n) is 6.35. The predicted molar refractivity (Wildman–Crippen MR) is 100 cm³/mol. The minimum absolute atomic E-state index is 0.0305. The lowest BCUT2D eigenvalue weighted by Crippen LogP contribution is -2.41. The van der Waals surface area contributed by atoms with E-state index in [0.717, 1.165) is 5.56 Å². The Labute approximate surface area is 158 Å². The van der Waals surface area contributed by atoms with Crippen LogP contribution >= 0.6 is 0 Å². The summed E-state index contributed by atoms with van der Waals surface area (Å²) in [6.45, 7) is 2.31. The molecule has 1 amide bonds. The van der Waals surface area contributed by atoms with E-state index in [1.165, 1.54) is 24.3 Å². The SMILES string of the molecule is O=C(Cc1ccc(NS(=O)(=O)Cc2ccc(F)cc2)cc1)N1CCOCC1. The second kappa shape index (κ2) is 8.49. The number of morpholine rings is 1. The maximum atomic E-state index is 12.9. The standard InChI is InChI=1S/C19H21FN2O4S/c20-17-5-1-16(2-6-17)14-27(24,25)21-18-7-3-15(4-8-18)13-19(23)22-9-11-26-12-10-22/h1-8,21H,9-14H2. The fraction of sp³-hybridized carbons (Fsp3) is 0.316. The van der Waals surface area contributed by atoms with Crippen LogP contribution in [0.5, 0.6) is 0 Å². The smallest absolute Gasteiger partial charge is 0.236 e. The van der Waals surface area contributed by atoms with Gasteiger partial charge in [0.25, 0.3) is 0 Å². The molecule has 2 aromatic carbocycles. The van der Waals surface area contributed by atoms with Crippen molar-refractivity contribution in [3.63, 3.8) is 0 Å². The van der Waals surface area contributed by atoms with Gasteiger partial charge in [-0.3, -0.25) is 9.52 Å². The number of hydrogen-bond acceptors (Lipinski definition) is 4. The topological polar surface area (TPSA) is 75.7 Å². The van der Waals surface area contributed by atoms with Crippen LogP contribution in [0.1, 0.15) is 11.1 Å². The fourth-order valence-electron chi connectivity index (χ4n) is 2.81. The molecule has 1 aliphatic rings. The quantitative estimate of drug-likeness (QED) is 0.818. The summed E-state index contributed by atoms with van der Waals surface area (Å²) in [6, 6.07) is 12.1. The molecule has 0 atom stereocenters. The lowest BCUT2D eigenvalue weighted by molar-refractivity contribution is -0.134. The molecular formula is C19H21FN2O4S. The van der Waals surface area contributed by atoms with E-state index in [2.05, 4.69) is 4.72 Å². The van der Waals surface area contributed by atoms with Crippen molar-refractivity contribution in [1.82, 2.24) is 4.90 Å². The molecule has 1 N–H and O–H groups in total. The average molecular weight is 392 g/mol. The molecule has 0 aliphatic carbocycles. The first kappa shape index (κ1) is 19.3. The summed E-state index contributed by atoms with van der Waals surface area (Å²) in [5.74, 6) is -0.626. The highest BCUT2D eigenvalue weighted by atomic mass is 32.2. The van der Waals surface area contributed by atoms with Gasteiger partial charge in [-0.25, -0.2) is 12.8 Å². The lowest BCUT2D eigenvalue weighted by Gasteiger charge is -2.26. The van der Waals surface area contributed by atoms with Crippen LogP contribution < -0.4 is 4.72 Å². The third kappa shape index (κ3) is 5.77. The van der Waals surface area contributed by atoms with Gasteiger partial charge in [0.2, 0.25) is 15.9 Å². The van der Waals surface area contributed by atoms with E-state index in [1.54, 1.807) is 29.2 Å². The maximum Gasteiger partial charge on any atom is 0.236 e. The Balaban J connectivity index is 1.57. The molecule has 1 saturated heterocycles. The van der Waals surface area contributed by atoms with E-state index in [-0.39, 0.29) is 18.1 Å². The summed E-state index contributed by atoms with van der Waals surface area (Å²) >= 11 is 0. The molecule has 1 aliphatic heterocycles. The van der Waals surface area contributed by atoms with Crippen molar-refractivity contribution in [3.8, 4) is 0 Å². The molecule has 27 heavy (non-hydrogen) atoms. The first-order valence-electron chi connectivity index (χ1n) is 8.61. The Hall–Kier alpha value is -2.45. The van der Waals surface area contributed by atoms with Gasteiger partial charge in [-0.2, -0.15) is 0 Å². The Kier molecular flexibility index (Phi) is 6.08. The van der Waals surface area contributed by atoms with Crippen LogP contribution in [-0.4, -0.2) is 45.5 Å². The largest absolute Gasteiger partial charge is 0.378 e. The van der Waals surface area contributed by atoms with Crippen molar-refractivity contribution in [1.29, 1.82) is 0 Å². The molecular weight excluding hydrogens is 371 g/mol. The molecule has 1 fully saturated rings. The Morgan fingerprint density at radius 2 is 1.59 bits per heavy atom. The molecule has 8 heteroatoms. The number of benzene rings is 2. The fourth-order valence-corrected chi connectivity index (χ4v) is 4.00. The summed E-state index contributed by atoms with van der Waals surface area (Å²) in [5.41, 5.74) is 1.73. The Morgan fingerprint density at radius 1 is 1.00 bits per heavy atom. The van der Waals surface area contributed by atoms with E-state index in [9.17, 15) is 17.6 Å². The number of sulfonamides is 1. The number of ether oxygens (including phenoxy) is 1. The highest BCUT2D eigenvalue weighted by Crippen LogP contribution is 2.15. The van der Waals surface area contributed by atoms with Gasteiger partial charge < -0.3 is 9.64 Å². The minimum atomic E-state index is -3.62. The molecule has 144 valence electrons. The van der Waals surface area contributed by atoms with E-state index in [4.69, 9.17) is 4.74 Å². The number of carbonyl (C=O) groups is 1. The average Bonchev–Trinajstić information content (AvgIpc) is 2.65. The van der Waals surface area contributed by atoms with Crippen LogP contribution in [0.3, 0.4) is 0 Å². The second-order valence-corrected chi connectivity index (χ2v) is 8.08. The first-order valence-corrected chi connectivity index (χ1v) is 10.3. The number of amides is 1. The molecule has 1 heterocycles. The summed E-state index contributed by atoms with van der Waals surface area (Å²) in [4.78, 5) is 14.0.